The van der Waals surface area contributed by atoms with Crippen LogP contribution in [0.25, 0.3) is 0 Å². The molecule has 0 saturated carbocycles. The van der Waals surface area contributed by atoms with Gasteiger partial charge in [0.15, 0.2) is 11.6 Å². The van der Waals surface area contributed by atoms with Gasteiger partial charge in [-0.3, -0.25) is 4.79 Å². The van der Waals surface area contributed by atoms with E-state index in [0.29, 0.717) is 5.56 Å². The summed E-state index contributed by atoms with van der Waals surface area (Å²) in [5.74, 6) is -0.614. The number of aromatic nitrogens is 1. The summed E-state index contributed by atoms with van der Waals surface area (Å²) < 4.78 is 19.6. The maximum absolute atomic E-state index is 14.3. The summed E-state index contributed by atoms with van der Waals surface area (Å²) in [4.78, 5) is 15.9. The fraction of sp³-hybridized carbons (Fsp3) is 0.176. The van der Waals surface area contributed by atoms with Crippen LogP contribution in [0.1, 0.15) is 22.8 Å². The molecule has 2 rings (SSSR count). The Kier molecular flexibility index (Phi) is 5.68. The van der Waals surface area contributed by atoms with Crippen LogP contribution in [0, 0.1) is 5.82 Å². The lowest BCUT2D eigenvalue weighted by molar-refractivity contribution is 0.0951. The van der Waals surface area contributed by atoms with Crippen LogP contribution in [0.2, 0.25) is 0 Å². The van der Waals surface area contributed by atoms with Crippen LogP contribution in [0.3, 0.4) is 0 Å². The highest BCUT2D eigenvalue weighted by molar-refractivity contribution is 5.98. The monoisotopic (exact) mass is 315 g/mol. The molecule has 1 aromatic heterocycles. The molecule has 0 aliphatic heterocycles. The van der Waals surface area contributed by atoms with Crippen molar-refractivity contribution in [3.05, 3.63) is 65.6 Å². The summed E-state index contributed by atoms with van der Waals surface area (Å²) >= 11 is 0. The van der Waals surface area contributed by atoms with Crippen LogP contribution in [-0.4, -0.2) is 17.5 Å². The van der Waals surface area contributed by atoms with Crippen molar-refractivity contribution in [1.29, 1.82) is 0 Å². The number of rotatable bonds is 6. The molecule has 0 unspecified atom stereocenters. The molecule has 0 fully saturated rings. The highest BCUT2D eigenvalue weighted by Crippen LogP contribution is 2.20. The topological polar surface area (TPSA) is 77.2 Å². The zero-order valence-electron chi connectivity index (χ0n) is 12.8. The van der Waals surface area contributed by atoms with Crippen LogP contribution in [0.4, 0.5) is 10.2 Å². The zero-order chi connectivity index (χ0) is 16.7. The van der Waals surface area contributed by atoms with Gasteiger partial charge in [-0.05, 0) is 25.1 Å². The normalized spacial score (nSPS) is 10.7. The van der Waals surface area contributed by atoms with E-state index in [1.54, 1.807) is 36.4 Å². The molecule has 2 aromatic rings. The summed E-state index contributed by atoms with van der Waals surface area (Å²) in [6.45, 7) is 2.17. The largest absolute Gasteiger partial charge is 0.486 e. The van der Waals surface area contributed by atoms with Crippen LogP contribution in [-0.2, 0) is 6.54 Å². The predicted molar refractivity (Wildman–Crippen MR) is 86.5 cm³/mol. The van der Waals surface area contributed by atoms with E-state index in [9.17, 15) is 9.18 Å². The highest BCUT2D eigenvalue weighted by Gasteiger charge is 2.13. The fourth-order valence-corrected chi connectivity index (χ4v) is 1.92. The van der Waals surface area contributed by atoms with Gasteiger partial charge in [-0.25, -0.2) is 9.37 Å². The Balaban J connectivity index is 2.04. The molecule has 23 heavy (non-hydrogen) atoms. The first-order valence-corrected chi connectivity index (χ1v) is 7.13. The van der Waals surface area contributed by atoms with Crippen molar-refractivity contribution in [2.24, 2.45) is 0 Å². The molecular formula is C17H18FN3O2. The van der Waals surface area contributed by atoms with E-state index in [1.807, 2.05) is 13.0 Å². The SMILES string of the molecule is C/C=C/COc1cccc(CNC(=O)c2cccnc2N)c1F. The van der Waals surface area contributed by atoms with Gasteiger partial charge in [-0.2, -0.15) is 0 Å². The average Bonchev–Trinajstić information content (AvgIpc) is 2.55. The molecule has 0 saturated heterocycles. The van der Waals surface area contributed by atoms with Gasteiger partial charge in [0, 0.05) is 18.3 Å². The Morgan fingerprint density at radius 3 is 2.96 bits per heavy atom. The maximum atomic E-state index is 14.3. The first kappa shape index (κ1) is 16.5. The molecule has 120 valence electrons. The Bertz CT molecular complexity index is 717. The third-order valence-electron chi connectivity index (χ3n) is 3.14. The predicted octanol–water partition coefficient (Wildman–Crippen LogP) is 2.69. The molecule has 5 nitrogen and oxygen atoms in total. The zero-order valence-corrected chi connectivity index (χ0v) is 12.8. The Labute approximate surface area is 134 Å². The number of anilines is 1. The van der Waals surface area contributed by atoms with Crippen molar-refractivity contribution in [2.75, 3.05) is 12.3 Å². The Hall–Kier alpha value is -2.89. The van der Waals surface area contributed by atoms with Crippen molar-refractivity contribution in [2.45, 2.75) is 13.5 Å². The smallest absolute Gasteiger partial charge is 0.255 e. The first-order valence-electron chi connectivity index (χ1n) is 7.13. The van der Waals surface area contributed by atoms with Crippen molar-refractivity contribution in [1.82, 2.24) is 10.3 Å². The van der Waals surface area contributed by atoms with Crippen molar-refractivity contribution >= 4 is 11.7 Å². The van der Waals surface area contributed by atoms with Crippen LogP contribution < -0.4 is 15.8 Å². The number of pyridine rings is 1. The van der Waals surface area contributed by atoms with E-state index >= 15 is 0 Å². The number of benzene rings is 1. The van der Waals surface area contributed by atoms with Gasteiger partial charge < -0.3 is 15.8 Å². The van der Waals surface area contributed by atoms with E-state index in [2.05, 4.69) is 10.3 Å². The summed E-state index contributed by atoms with van der Waals surface area (Å²) in [7, 11) is 0. The second kappa shape index (κ2) is 7.93. The van der Waals surface area contributed by atoms with Gasteiger partial charge in [-0.15, -0.1) is 0 Å². The van der Waals surface area contributed by atoms with E-state index in [0.717, 1.165) is 0 Å². The van der Waals surface area contributed by atoms with Gasteiger partial charge in [0.1, 0.15) is 12.4 Å². The van der Waals surface area contributed by atoms with Crippen LogP contribution >= 0.6 is 0 Å². The van der Waals surface area contributed by atoms with Gasteiger partial charge in [0.25, 0.3) is 5.91 Å². The molecule has 6 heteroatoms. The van der Waals surface area contributed by atoms with Crippen LogP contribution in [0.5, 0.6) is 5.75 Å². The second-order valence-corrected chi connectivity index (χ2v) is 4.73. The number of allylic oxidation sites excluding steroid dienone is 1. The number of amides is 1. The molecule has 0 atom stereocenters. The van der Waals surface area contributed by atoms with E-state index < -0.39 is 11.7 Å². The highest BCUT2D eigenvalue weighted by atomic mass is 19.1. The number of carbonyl (C=O) groups is 1. The number of nitrogen functional groups attached to an aromatic ring is 1. The molecule has 1 heterocycles. The average molecular weight is 315 g/mol. The molecular weight excluding hydrogens is 297 g/mol. The number of nitrogens with two attached hydrogens (primary N) is 1. The summed E-state index contributed by atoms with van der Waals surface area (Å²) in [5.41, 5.74) is 6.23. The Morgan fingerprint density at radius 2 is 2.22 bits per heavy atom. The second-order valence-electron chi connectivity index (χ2n) is 4.73. The minimum absolute atomic E-state index is 0.0276. The van der Waals surface area contributed by atoms with E-state index in [1.165, 1.54) is 6.20 Å². The molecule has 1 amide bonds. The molecule has 0 spiro atoms. The number of nitrogens with zero attached hydrogens (tertiary/aromatic N) is 1. The molecule has 0 aliphatic carbocycles. The molecule has 0 bridgehead atoms. The molecule has 1 aromatic carbocycles. The van der Waals surface area contributed by atoms with Crippen LogP contribution in [0.15, 0.2) is 48.7 Å². The maximum Gasteiger partial charge on any atom is 0.255 e. The third kappa shape index (κ3) is 4.29. The third-order valence-corrected chi connectivity index (χ3v) is 3.14. The van der Waals surface area contributed by atoms with Crippen molar-refractivity contribution in [3.63, 3.8) is 0 Å². The van der Waals surface area contributed by atoms with E-state index in [-0.39, 0.29) is 30.3 Å². The first-order chi connectivity index (χ1) is 11.1. The summed E-state index contributed by atoms with van der Waals surface area (Å²) in [5, 5.41) is 2.62. The number of halogens is 1. The van der Waals surface area contributed by atoms with Crippen molar-refractivity contribution in [3.8, 4) is 5.75 Å². The Morgan fingerprint density at radius 1 is 1.39 bits per heavy atom. The lowest BCUT2D eigenvalue weighted by Gasteiger charge is -2.10. The van der Waals surface area contributed by atoms with Gasteiger partial charge in [0.2, 0.25) is 0 Å². The quantitative estimate of drug-likeness (QED) is 0.804. The summed E-state index contributed by atoms with van der Waals surface area (Å²) in [6.07, 6.45) is 5.09. The standard InChI is InChI=1S/C17H18FN3O2/c1-2-3-10-23-14-8-4-6-12(15(14)18)11-21-17(22)13-7-5-9-20-16(13)19/h2-9H,10-11H2,1H3,(H2,19,20)(H,21,22)/b3-2+. The van der Waals surface area contributed by atoms with Crippen molar-refractivity contribution < 1.29 is 13.9 Å². The molecule has 0 radical (unpaired) electrons. The van der Waals surface area contributed by atoms with E-state index in [4.69, 9.17) is 10.5 Å². The number of hydrogen-bond acceptors (Lipinski definition) is 4. The summed E-state index contributed by atoms with van der Waals surface area (Å²) in [6, 6.07) is 7.98. The number of hydrogen-bond donors (Lipinski definition) is 2. The van der Waals surface area contributed by atoms with Gasteiger partial charge in [-0.1, -0.05) is 24.3 Å². The van der Waals surface area contributed by atoms with Gasteiger partial charge >= 0.3 is 0 Å². The van der Waals surface area contributed by atoms with Gasteiger partial charge in [0.05, 0.1) is 5.56 Å². The minimum atomic E-state index is -0.489. The lowest BCUT2D eigenvalue weighted by atomic mass is 10.2. The molecule has 3 N–H and O–H groups in total. The number of carbonyl (C=O) groups excluding carboxylic acids is 1. The minimum Gasteiger partial charge on any atom is -0.486 e. The number of nitrogens with one attached hydrogen (secondary N) is 1. The molecule has 0 aliphatic rings. The number of ether oxygens (including phenoxy) is 1. The lowest BCUT2D eigenvalue weighted by Crippen LogP contribution is -2.24. The fourth-order valence-electron chi connectivity index (χ4n) is 1.92.